The number of nitrogens with zero attached hydrogens (tertiary/aromatic N) is 4. The van der Waals surface area contributed by atoms with Crippen molar-refractivity contribution in [2.75, 3.05) is 13.1 Å². The molecule has 0 N–H and O–H groups in total. The Balaban J connectivity index is 1.49. The van der Waals surface area contributed by atoms with Gasteiger partial charge in [0, 0.05) is 20.1 Å². The maximum atomic E-state index is 13.0. The Morgan fingerprint density at radius 2 is 1.50 bits per heavy atom. The molecule has 0 unspecified atom stereocenters. The molecule has 0 radical (unpaired) electrons. The number of rotatable bonds is 4. The quantitative estimate of drug-likeness (QED) is 0.591. The number of hydrogen-bond acceptors (Lipinski definition) is 4. The molecule has 0 bridgehead atoms. The Bertz CT molecular complexity index is 1260. The summed E-state index contributed by atoms with van der Waals surface area (Å²) in [5.41, 5.74) is 0.990. The number of aromatic nitrogens is 3. The Kier molecular flexibility index (Phi) is 5.72. The monoisotopic (exact) mass is 466 g/mol. The molecule has 1 aliphatic heterocycles. The lowest BCUT2D eigenvalue weighted by molar-refractivity contribution is -0.147. The molecule has 0 saturated carbocycles. The normalized spacial score (nSPS) is 16.4. The van der Waals surface area contributed by atoms with Crippen LogP contribution in [0.4, 0.5) is 13.2 Å². The van der Waals surface area contributed by atoms with Gasteiger partial charge in [0.05, 0.1) is 10.9 Å². The topological polar surface area (TPSA) is 77.2 Å². The number of hydrogen-bond donors (Lipinski definition) is 0. The predicted molar refractivity (Wildman–Crippen MR) is 111 cm³/mol. The Labute approximate surface area is 182 Å². The van der Waals surface area contributed by atoms with E-state index in [4.69, 9.17) is 0 Å². The van der Waals surface area contributed by atoms with Gasteiger partial charge in [-0.2, -0.15) is 17.5 Å². The third kappa shape index (κ3) is 4.09. The lowest BCUT2D eigenvalue weighted by Crippen LogP contribution is -2.41. The molecule has 11 heteroatoms. The van der Waals surface area contributed by atoms with Crippen LogP contribution in [0.15, 0.2) is 64.3 Å². The van der Waals surface area contributed by atoms with Crippen LogP contribution in [0.5, 0.6) is 0 Å². The summed E-state index contributed by atoms with van der Waals surface area (Å²) in [5.74, 6) is -1.27. The summed E-state index contributed by atoms with van der Waals surface area (Å²) in [6.07, 6.45) is -4.36. The van der Waals surface area contributed by atoms with Gasteiger partial charge in [-0.3, -0.25) is 4.57 Å². The molecule has 32 heavy (non-hydrogen) atoms. The van der Waals surface area contributed by atoms with E-state index in [-0.39, 0.29) is 30.8 Å². The summed E-state index contributed by atoms with van der Waals surface area (Å²) in [6, 6.07) is 15.5. The van der Waals surface area contributed by atoms with Crippen LogP contribution in [0.2, 0.25) is 0 Å². The minimum absolute atomic E-state index is 0.0812. The van der Waals surface area contributed by atoms with Crippen LogP contribution in [0, 0.1) is 0 Å². The van der Waals surface area contributed by atoms with E-state index >= 15 is 0 Å². The molecule has 0 atom stereocenters. The maximum Gasteiger partial charge on any atom is 0.451 e. The van der Waals surface area contributed by atoms with E-state index in [1.165, 1.54) is 4.31 Å². The van der Waals surface area contributed by atoms with Gasteiger partial charge in [-0.15, -0.1) is 5.10 Å². The minimum atomic E-state index is -4.74. The van der Waals surface area contributed by atoms with Gasteiger partial charge in [0.25, 0.3) is 0 Å². The van der Waals surface area contributed by atoms with Gasteiger partial charge in [0.2, 0.25) is 15.8 Å². The number of halogens is 3. The number of alkyl halides is 3. The van der Waals surface area contributed by atoms with Gasteiger partial charge in [0.15, 0.2) is 0 Å². The zero-order valence-corrected chi connectivity index (χ0v) is 18.0. The zero-order valence-electron chi connectivity index (χ0n) is 17.2. The fraction of sp³-hybridized carbons (Fsp3) is 0.333. The SMILES string of the molecule is Cn1c(C(F)(F)F)nn(C2CCN(S(=O)(=O)c3ccc(-c4ccccc4)cc3)CC2)c1=O. The molecular formula is C21H21F3N4O3S. The summed E-state index contributed by atoms with van der Waals surface area (Å²) in [6.45, 7) is 0.162. The van der Waals surface area contributed by atoms with Crippen LogP contribution in [0.1, 0.15) is 24.7 Å². The van der Waals surface area contributed by atoms with Crippen molar-refractivity contribution in [3.8, 4) is 11.1 Å². The second kappa shape index (κ2) is 8.21. The molecule has 1 fully saturated rings. The molecule has 170 valence electrons. The van der Waals surface area contributed by atoms with Crippen molar-refractivity contribution in [3.05, 3.63) is 70.9 Å². The molecule has 3 aromatic rings. The molecule has 0 amide bonds. The smallest absolute Gasteiger partial charge is 0.274 e. The van der Waals surface area contributed by atoms with Crippen LogP contribution in [-0.4, -0.2) is 40.2 Å². The van der Waals surface area contributed by atoms with Crippen LogP contribution >= 0.6 is 0 Å². The average molecular weight is 466 g/mol. The number of benzene rings is 2. The summed E-state index contributed by atoms with van der Waals surface area (Å²) >= 11 is 0. The first-order valence-corrected chi connectivity index (χ1v) is 11.4. The van der Waals surface area contributed by atoms with E-state index in [2.05, 4.69) is 5.10 Å². The molecule has 0 aliphatic carbocycles. The van der Waals surface area contributed by atoms with E-state index < -0.39 is 33.8 Å². The van der Waals surface area contributed by atoms with Gasteiger partial charge < -0.3 is 0 Å². The second-order valence-corrected chi connectivity index (χ2v) is 9.57. The highest BCUT2D eigenvalue weighted by Crippen LogP contribution is 2.30. The highest BCUT2D eigenvalue weighted by atomic mass is 32.2. The van der Waals surface area contributed by atoms with Gasteiger partial charge in [-0.05, 0) is 36.1 Å². The lowest BCUT2D eigenvalue weighted by atomic mass is 10.1. The van der Waals surface area contributed by atoms with Crippen molar-refractivity contribution in [3.63, 3.8) is 0 Å². The molecule has 2 aromatic carbocycles. The molecule has 1 saturated heterocycles. The van der Waals surface area contributed by atoms with Crippen LogP contribution in [-0.2, 0) is 23.2 Å². The highest BCUT2D eigenvalue weighted by molar-refractivity contribution is 7.89. The zero-order chi connectivity index (χ0) is 23.1. The Morgan fingerprint density at radius 1 is 0.938 bits per heavy atom. The average Bonchev–Trinajstić information content (AvgIpc) is 3.09. The first-order valence-electron chi connectivity index (χ1n) is 9.97. The summed E-state index contributed by atoms with van der Waals surface area (Å²) in [4.78, 5) is 12.4. The van der Waals surface area contributed by atoms with Crippen molar-refractivity contribution in [1.29, 1.82) is 0 Å². The molecule has 2 heterocycles. The molecule has 0 spiro atoms. The van der Waals surface area contributed by atoms with Gasteiger partial charge in [-0.1, -0.05) is 42.5 Å². The number of piperidine rings is 1. The van der Waals surface area contributed by atoms with Crippen molar-refractivity contribution in [2.24, 2.45) is 7.05 Å². The largest absolute Gasteiger partial charge is 0.451 e. The third-order valence-corrected chi connectivity index (χ3v) is 7.54. The maximum absolute atomic E-state index is 13.0. The Hall–Kier alpha value is -2.92. The van der Waals surface area contributed by atoms with E-state index in [1.54, 1.807) is 24.3 Å². The van der Waals surface area contributed by atoms with E-state index in [0.717, 1.165) is 22.9 Å². The highest BCUT2D eigenvalue weighted by Gasteiger charge is 2.39. The minimum Gasteiger partial charge on any atom is -0.274 e. The fourth-order valence-corrected chi connectivity index (χ4v) is 5.34. The summed E-state index contributed by atoms with van der Waals surface area (Å²) < 4.78 is 67.7. The Morgan fingerprint density at radius 3 is 2.03 bits per heavy atom. The van der Waals surface area contributed by atoms with Gasteiger partial charge >= 0.3 is 11.9 Å². The number of sulfonamides is 1. The lowest BCUT2D eigenvalue weighted by Gasteiger charge is -2.30. The molecule has 1 aromatic heterocycles. The van der Waals surface area contributed by atoms with Crippen molar-refractivity contribution < 1.29 is 21.6 Å². The summed E-state index contributed by atoms with van der Waals surface area (Å²) in [7, 11) is -2.74. The third-order valence-electron chi connectivity index (χ3n) is 5.63. The van der Waals surface area contributed by atoms with Crippen molar-refractivity contribution in [1.82, 2.24) is 18.7 Å². The van der Waals surface area contributed by atoms with Gasteiger partial charge in [-0.25, -0.2) is 17.9 Å². The molecule has 7 nitrogen and oxygen atoms in total. The first-order chi connectivity index (χ1) is 15.1. The summed E-state index contributed by atoms with van der Waals surface area (Å²) in [5, 5.41) is 3.46. The van der Waals surface area contributed by atoms with Crippen LogP contribution in [0.3, 0.4) is 0 Å². The van der Waals surface area contributed by atoms with Crippen LogP contribution in [0.25, 0.3) is 11.1 Å². The predicted octanol–water partition coefficient (Wildman–Crippen LogP) is 3.29. The van der Waals surface area contributed by atoms with Crippen LogP contribution < -0.4 is 5.69 Å². The first kappa shape index (κ1) is 22.3. The van der Waals surface area contributed by atoms with E-state index in [9.17, 15) is 26.4 Å². The second-order valence-electron chi connectivity index (χ2n) is 7.63. The molecule has 1 aliphatic rings. The standard InChI is InChI=1S/C21H21F3N4O3S/c1-26-19(21(22,23)24)25-28(20(26)29)17-11-13-27(14-12-17)32(30,31)18-9-7-16(8-10-18)15-5-3-2-4-6-15/h2-10,17H,11-14H2,1H3. The van der Waals surface area contributed by atoms with E-state index in [0.29, 0.717) is 4.57 Å². The molecular weight excluding hydrogens is 445 g/mol. The van der Waals surface area contributed by atoms with Gasteiger partial charge in [0.1, 0.15) is 0 Å². The van der Waals surface area contributed by atoms with E-state index in [1.807, 2.05) is 30.3 Å². The fourth-order valence-electron chi connectivity index (χ4n) is 3.87. The van der Waals surface area contributed by atoms with Crippen molar-refractivity contribution in [2.45, 2.75) is 30.0 Å². The molecule has 4 rings (SSSR count). The van der Waals surface area contributed by atoms with Crippen molar-refractivity contribution >= 4 is 10.0 Å².